The van der Waals surface area contributed by atoms with Crippen molar-refractivity contribution in [2.45, 2.75) is 26.9 Å². The number of para-hydroxylation sites is 1. The Morgan fingerprint density at radius 3 is 2.71 bits per heavy atom. The number of aromatic nitrogens is 2. The number of aryl methyl sites for hydroxylation is 1. The summed E-state index contributed by atoms with van der Waals surface area (Å²) in [6, 6.07) is 6.09. The van der Waals surface area contributed by atoms with Crippen LogP contribution < -0.4 is 10.6 Å². The van der Waals surface area contributed by atoms with Gasteiger partial charge in [0.2, 0.25) is 5.91 Å². The van der Waals surface area contributed by atoms with E-state index in [1.54, 1.807) is 16.8 Å². The molecule has 1 aromatic carbocycles. The first kappa shape index (κ1) is 15.2. The molecule has 0 atom stereocenters. The summed E-state index contributed by atoms with van der Waals surface area (Å²) < 4.78 is 15.1. The fourth-order valence-electron chi connectivity index (χ4n) is 2.21. The zero-order valence-electron chi connectivity index (χ0n) is 12.4. The van der Waals surface area contributed by atoms with E-state index in [0.29, 0.717) is 6.54 Å². The normalized spacial score (nSPS) is 10.7. The van der Waals surface area contributed by atoms with Crippen LogP contribution in [0.4, 0.5) is 10.1 Å². The summed E-state index contributed by atoms with van der Waals surface area (Å²) in [5, 5.41) is 9.99. The van der Waals surface area contributed by atoms with E-state index in [4.69, 9.17) is 0 Å². The van der Waals surface area contributed by atoms with Gasteiger partial charge in [-0.25, -0.2) is 4.39 Å². The summed E-state index contributed by atoms with van der Waals surface area (Å²) in [7, 11) is 1.86. The predicted octanol–water partition coefficient (Wildman–Crippen LogP) is 2.00. The second kappa shape index (κ2) is 6.49. The Labute approximate surface area is 123 Å². The van der Waals surface area contributed by atoms with Crippen molar-refractivity contribution in [2.24, 2.45) is 0 Å². The van der Waals surface area contributed by atoms with E-state index >= 15 is 0 Å². The number of halogens is 1. The van der Waals surface area contributed by atoms with E-state index in [-0.39, 0.29) is 18.1 Å². The van der Waals surface area contributed by atoms with E-state index in [2.05, 4.69) is 15.7 Å². The number of rotatable bonds is 5. The zero-order chi connectivity index (χ0) is 15.4. The molecule has 0 spiro atoms. The molecule has 0 saturated heterocycles. The Kier molecular flexibility index (Phi) is 4.70. The van der Waals surface area contributed by atoms with Crippen molar-refractivity contribution in [3.05, 3.63) is 47.0 Å². The highest BCUT2D eigenvalue weighted by atomic mass is 19.1. The lowest BCUT2D eigenvalue weighted by atomic mass is 10.2. The Morgan fingerprint density at radius 2 is 2.05 bits per heavy atom. The summed E-state index contributed by atoms with van der Waals surface area (Å²) in [6.45, 7) is 4.59. The van der Waals surface area contributed by atoms with Gasteiger partial charge in [0.25, 0.3) is 0 Å². The van der Waals surface area contributed by atoms with Crippen molar-refractivity contribution in [1.29, 1.82) is 0 Å². The van der Waals surface area contributed by atoms with Crippen LogP contribution in [-0.4, -0.2) is 22.7 Å². The van der Waals surface area contributed by atoms with Crippen LogP contribution in [0.2, 0.25) is 0 Å². The van der Waals surface area contributed by atoms with Crippen LogP contribution in [0.15, 0.2) is 24.3 Å². The number of carbonyl (C=O) groups excluding carboxylic acids is 1. The first-order valence-electron chi connectivity index (χ1n) is 6.74. The van der Waals surface area contributed by atoms with Gasteiger partial charge < -0.3 is 10.6 Å². The number of hydrogen-bond acceptors (Lipinski definition) is 3. The van der Waals surface area contributed by atoms with Gasteiger partial charge in [-0.1, -0.05) is 12.1 Å². The summed E-state index contributed by atoms with van der Waals surface area (Å²) in [6.07, 6.45) is 0. The second-order valence-electron chi connectivity index (χ2n) is 4.87. The quantitative estimate of drug-likeness (QED) is 0.885. The Bertz CT molecular complexity index is 651. The fourth-order valence-corrected chi connectivity index (χ4v) is 2.21. The van der Waals surface area contributed by atoms with Crippen LogP contribution in [0.3, 0.4) is 0 Å². The molecule has 2 rings (SSSR count). The van der Waals surface area contributed by atoms with E-state index in [0.717, 1.165) is 17.0 Å². The molecule has 0 radical (unpaired) electrons. The lowest BCUT2D eigenvalue weighted by Crippen LogP contribution is -2.21. The van der Waals surface area contributed by atoms with Crippen LogP contribution >= 0.6 is 0 Å². The maximum absolute atomic E-state index is 13.5. The number of anilines is 1. The minimum absolute atomic E-state index is 0.0602. The number of nitrogens with one attached hydrogen (secondary N) is 2. The van der Waals surface area contributed by atoms with E-state index in [1.165, 1.54) is 12.1 Å². The molecule has 0 saturated carbocycles. The highest BCUT2D eigenvalue weighted by Crippen LogP contribution is 2.14. The SMILES string of the molecule is CNCc1c(C)nn(CC(=O)Nc2ccccc2F)c1C. The van der Waals surface area contributed by atoms with E-state index < -0.39 is 5.82 Å². The third kappa shape index (κ3) is 3.46. The average molecular weight is 290 g/mol. The molecule has 0 aliphatic heterocycles. The minimum Gasteiger partial charge on any atom is -0.322 e. The van der Waals surface area contributed by atoms with Gasteiger partial charge in [0, 0.05) is 17.8 Å². The van der Waals surface area contributed by atoms with E-state index in [9.17, 15) is 9.18 Å². The summed E-state index contributed by atoms with van der Waals surface area (Å²) in [5.74, 6) is -0.753. The first-order chi connectivity index (χ1) is 10.0. The summed E-state index contributed by atoms with van der Waals surface area (Å²) in [5.41, 5.74) is 3.08. The van der Waals surface area contributed by atoms with Crippen molar-refractivity contribution < 1.29 is 9.18 Å². The van der Waals surface area contributed by atoms with Crippen molar-refractivity contribution in [3.8, 4) is 0 Å². The molecular formula is C15H19FN4O. The molecule has 1 aromatic heterocycles. The van der Waals surface area contributed by atoms with Crippen LogP contribution in [-0.2, 0) is 17.9 Å². The smallest absolute Gasteiger partial charge is 0.246 e. The van der Waals surface area contributed by atoms with Crippen LogP contribution in [0.25, 0.3) is 0 Å². The van der Waals surface area contributed by atoms with Crippen LogP contribution in [0, 0.1) is 19.7 Å². The molecule has 0 fully saturated rings. The number of nitrogens with zero attached hydrogens (tertiary/aromatic N) is 2. The highest BCUT2D eigenvalue weighted by Gasteiger charge is 2.14. The Hall–Kier alpha value is -2.21. The highest BCUT2D eigenvalue weighted by molar-refractivity contribution is 5.90. The van der Waals surface area contributed by atoms with Crippen LogP contribution in [0.5, 0.6) is 0 Å². The minimum atomic E-state index is -0.449. The molecule has 112 valence electrons. The van der Waals surface area contributed by atoms with Crippen molar-refractivity contribution >= 4 is 11.6 Å². The standard InChI is InChI=1S/C15H19FN4O/c1-10-12(8-17-3)11(2)20(19-10)9-15(21)18-14-7-5-4-6-13(14)16/h4-7,17H,8-9H2,1-3H3,(H,18,21). The number of benzene rings is 1. The maximum Gasteiger partial charge on any atom is 0.246 e. The van der Waals surface area contributed by atoms with Gasteiger partial charge in [0.1, 0.15) is 12.4 Å². The molecule has 1 heterocycles. The number of amides is 1. The van der Waals surface area contributed by atoms with Gasteiger partial charge in [-0.05, 0) is 33.0 Å². The lowest BCUT2D eigenvalue weighted by molar-refractivity contribution is -0.117. The topological polar surface area (TPSA) is 59.0 Å². The third-order valence-corrected chi connectivity index (χ3v) is 3.33. The number of carbonyl (C=O) groups is 1. The van der Waals surface area contributed by atoms with Gasteiger partial charge >= 0.3 is 0 Å². The third-order valence-electron chi connectivity index (χ3n) is 3.33. The molecule has 0 aliphatic rings. The molecule has 5 nitrogen and oxygen atoms in total. The predicted molar refractivity (Wildman–Crippen MR) is 79.5 cm³/mol. The van der Waals surface area contributed by atoms with Gasteiger partial charge in [-0.2, -0.15) is 5.10 Å². The van der Waals surface area contributed by atoms with Crippen molar-refractivity contribution in [1.82, 2.24) is 15.1 Å². The monoisotopic (exact) mass is 290 g/mol. The maximum atomic E-state index is 13.5. The fraction of sp³-hybridized carbons (Fsp3) is 0.333. The molecule has 2 N–H and O–H groups in total. The molecular weight excluding hydrogens is 271 g/mol. The van der Waals surface area contributed by atoms with Crippen LogP contribution in [0.1, 0.15) is 17.0 Å². The molecule has 6 heteroatoms. The molecule has 1 amide bonds. The zero-order valence-corrected chi connectivity index (χ0v) is 12.4. The molecule has 21 heavy (non-hydrogen) atoms. The molecule has 0 bridgehead atoms. The molecule has 0 aliphatic carbocycles. The summed E-state index contributed by atoms with van der Waals surface area (Å²) >= 11 is 0. The Balaban J connectivity index is 2.10. The van der Waals surface area contributed by atoms with E-state index in [1.807, 2.05) is 20.9 Å². The summed E-state index contributed by atoms with van der Waals surface area (Å²) in [4.78, 5) is 12.0. The average Bonchev–Trinajstić information content (AvgIpc) is 2.69. The van der Waals surface area contributed by atoms with Gasteiger partial charge in [0.15, 0.2) is 0 Å². The molecule has 2 aromatic rings. The van der Waals surface area contributed by atoms with Crippen molar-refractivity contribution in [3.63, 3.8) is 0 Å². The van der Waals surface area contributed by atoms with Gasteiger partial charge in [-0.15, -0.1) is 0 Å². The number of hydrogen-bond donors (Lipinski definition) is 2. The van der Waals surface area contributed by atoms with Gasteiger partial charge in [0.05, 0.1) is 11.4 Å². The first-order valence-corrected chi connectivity index (χ1v) is 6.74. The molecule has 0 unspecified atom stereocenters. The van der Waals surface area contributed by atoms with Gasteiger partial charge in [-0.3, -0.25) is 9.48 Å². The second-order valence-corrected chi connectivity index (χ2v) is 4.87. The Morgan fingerprint density at radius 1 is 1.33 bits per heavy atom. The largest absolute Gasteiger partial charge is 0.322 e. The van der Waals surface area contributed by atoms with Crippen molar-refractivity contribution in [2.75, 3.05) is 12.4 Å². The lowest BCUT2D eigenvalue weighted by Gasteiger charge is -2.08.